The maximum atomic E-state index is 12.9. The van der Waals surface area contributed by atoms with E-state index in [0.29, 0.717) is 32.0 Å². The number of hydrogen-bond acceptors (Lipinski definition) is 7. The molecule has 0 aliphatic rings. The molecular weight excluding hydrogens is 368 g/mol. The highest BCUT2D eigenvalue weighted by Crippen LogP contribution is 2.27. The largest absolute Gasteiger partial charge is 0.496 e. The molecule has 0 unspecified atom stereocenters. The van der Waals surface area contributed by atoms with Crippen LogP contribution in [0.4, 0.5) is 0 Å². The van der Waals surface area contributed by atoms with Gasteiger partial charge < -0.3 is 9.47 Å². The number of methoxy groups -OCH3 is 1. The molecule has 2 heterocycles. The van der Waals surface area contributed by atoms with Gasteiger partial charge in [-0.2, -0.15) is 0 Å². The van der Waals surface area contributed by atoms with E-state index in [2.05, 4.69) is 4.98 Å². The molecule has 8 heteroatoms. The molecule has 3 rings (SSSR count). The highest BCUT2D eigenvalue weighted by atomic mass is 32.1. The van der Waals surface area contributed by atoms with Gasteiger partial charge in [-0.25, -0.2) is 9.78 Å². The van der Waals surface area contributed by atoms with Crippen molar-refractivity contribution in [2.45, 2.75) is 20.4 Å². The van der Waals surface area contributed by atoms with Gasteiger partial charge in [0, 0.05) is 0 Å². The molecule has 1 aromatic carbocycles. The molecule has 0 radical (unpaired) electrons. The Labute approximate surface area is 159 Å². The molecule has 0 saturated heterocycles. The van der Waals surface area contributed by atoms with Crippen LogP contribution < -0.4 is 10.3 Å². The van der Waals surface area contributed by atoms with Crippen LogP contribution in [-0.4, -0.2) is 35.0 Å². The van der Waals surface area contributed by atoms with Crippen LogP contribution in [0, 0.1) is 6.92 Å². The first-order valence-corrected chi connectivity index (χ1v) is 9.11. The van der Waals surface area contributed by atoms with Gasteiger partial charge in [-0.1, -0.05) is 12.1 Å². The third kappa shape index (κ3) is 3.48. The Morgan fingerprint density at radius 2 is 2.00 bits per heavy atom. The van der Waals surface area contributed by atoms with Crippen LogP contribution in [0.2, 0.25) is 0 Å². The Bertz CT molecular complexity index is 1080. The van der Waals surface area contributed by atoms with Crippen LogP contribution in [0.3, 0.4) is 0 Å². The number of esters is 1. The second-order valence-corrected chi connectivity index (χ2v) is 6.76. The van der Waals surface area contributed by atoms with Crippen molar-refractivity contribution in [3.63, 3.8) is 0 Å². The molecule has 0 spiro atoms. The van der Waals surface area contributed by atoms with E-state index in [1.54, 1.807) is 38.1 Å². The van der Waals surface area contributed by atoms with Crippen LogP contribution in [0.5, 0.6) is 5.75 Å². The second kappa shape index (κ2) is 7.71. The normalized spacial score (nSPS) is 10.8. The predicted octanol–water partition coefficient (Wildman–Crippen LogP) is 2.83. The van der Waals surface area contributed by atoms with E-state index < -0.39 is 5.97 Å². The van der Waals surface area contributed by atoms with E-state index in [0.717, 1.165) is 11.3 Å². The van der Waals surface area contributed by atoms with Gasteiger partial charge in [-0.15, -0.1) is 11.3 Å². The van der Waals surface area contributed by atoms with Crippen molar-refractivity contribution in [1.82, 2.24) is 9.55 Å². The number of ether oxygens (including phenoxy) is 2. The van der Waals surface area contributed by atoms with Gasteiger partial charge >= 0.3 is 5.97 Å². The van der Waals surface area contributed by atoms with E-state index in [9.17, 15) is 14.4 Å². The zero-order valence-corrected chi connectivity index (χ0v) is 16.0. The SMILES string of the molecule is CCOC(=O)c1sc2ncn(CC(=O)c3ccccc3OC)c(=O)c2c1C. The first kappa shape index (κ1) is 18.8. The predicted molar refractivity (Wildman–Crippen MR) is 102 cm³/mol. The molecule has 3 aromatic rings. The molecule has 0 aliphatic heterocycles. The molecule has 140 valence electrons. The van der Waals surface area contributed by atoms with Crippen molar-refractivity contribution in [3.8, 4) is 5.75 Å². The Kier molecular flexibility index (Phi) is 5.36. The number of aromatic nitrogens is 2. The number of benzene rings is 1. The minimum absolute atomic E-state index is 0.174. The number of hydrogen-bond donors (Lipinski definition) is 0. The molecule has 7 nitrogen and oxygen atoms in total. The third-order valence-electron chi connectivity index (χ3n) is 4.10. The van der Waals surface area contributed by atoms with Gasteiger partial charge in [0.25, 0.3) is 5.56 Å². The Balaban J connectivity index is 2.00. The van der Waals surface area contributed by atoms with Crippen LogP contribution >= 0.6 is 11.3 Å². The maximum absolute atomic E-state index is 12.9. The highest BCUT2D eigenvalue weighted by molar-refractivity contribution is 7.20. The molecular formula is C19H18N2O5S. The van der Waals surface area contributed by atoms with Gasteiger partial charge in [0.15, 0.2) is 5.78 Å². The van der Waals surface area contributed by atoms with Gasteiger partial charge in [0.1, 0.15) is 15.5 Å². The van der Waals surface area contributed by atoms with Gasteiger partial charge in [-0.3, -0.25) is 14.2 Å². The number of carbonyl (C=O) groups excluding carboxylic acids is 2. The average molecular weight is 386 g/mol. The number of ketones is 1. The van der Waals surface area contributed by atoms with E-state index in [-0.39, 0.29) is 24.5 Å². The average Bonchev–Trinajstić information content (AvgIpc) is 3.01. The van der Waals surface area contributed by atoms with Crippen molar-refractivity contribution in [3.05, 3.63) is 57.0 Å². The summed E-state index contributed by atoms with van der Waals surface area (Å²) in [5.41, 5.74) is 0.541. The summed E-state index contributed by atoms with van der Waals surface area (Å²) in [5, 5.41) is 0.332. The highest BCUT2D eigenvalue weighted by Gasteiger charge is 2.21. The summed E-state index contributed by atoms with van der Waals surface area (Å²) in [6.45, 7) is 3.47. The zero-order chi connectivity index (χ0) is 19.6. The Morgan fingerprint density at radius 3 is 2.70 bits per heavy atom. The topological polar surface area (TPSA) is 87.5 Å². The molecule has 0 atom stereocenters. The van der Waals surface area contributed by atoms with Crippen LogP contribution in [0.15, 0.2) is 35.4 Å². The fourth-order valence-corrected chi connectivity index (χ4v) is 3.81. The number of Topliss-reactive ketones (excluding diaryl/α,β-unsaturated/α-hetero) is 1. The van der Waals surface area contributed by atoms with Gasteiger partial charge in [0.05, 0.1) is 37.5 Å². The fraction of sp³-hybridized carbons (Fsp3) is 0.263. The zero-order valence-electron chi connectivity index (χ0n) is 15.1. The molecule has 0 bridgehead atoms. The molecule has 2 aromatic heterocycles. The molecule has 0 amide bonds. The molecule has 0 aliphatic carbocycles. The third-order valence-corrected chi connectivity index (χ3v) is 5.28. The van der Waals surface area contributed by atoms with Gasteiger partial charge in [0.2, 0.25) is 0 Å². The molecule has 27 heavy (non-hydrogen) atoms. The summed E-state index contributed by atoms with van der Waals surface area (Å²) in [6.07, 6.45) is 1.32. The lowest BCUT2D eigenvalue weighted by Crippen LogP contribution is -2.25. The summed E-state index contributed by atoms with van der Waals surface area (Å²) in [4.78, 5) is 42.6. The number of para-hydroxylation sites is 1. The molecule has 0 N–H and O–H groups in total. The smallest absolute Gasteiger partial charge is 0.348 e. The van der Waals surface area contributed by atoms with Crippen LogP contribution in [0.25, 0.3) is 10.2 Å². The standard InChI is InChI=1S/C19H18N2O5S/c1-4-26-19(24)16-11(2)15-17(27-16)20-10-21(18(15)23)9-13(22)12-7-5-6-8-14(12)25-3/h5-8,10H,4,9H2,1-3H3. The number of nitrogens with zero attached hydrogens (tertiary/aromatic N) is 2. The van der Waals surface area contributed by atoms with E-state index >= 15 is 0 Å². The lowest BCUT2D eigenvalue weighted by molar-refractivity contribution is 0.0531. The fourth-order valence-electron chi connectivity index (χ4n) is 2.78. The van der Waals surface area contributed by atoms with Crippen molar-refractivity contribution in [2.75, 3.05) is 13.7 Å². The summed E-state index contributed by atoms with van der Waals surface area (Å²) in [5.74, 6) is -0.302. The van der Waals surface area contributed by atoms with Gasteiger partial charge in [-0.05, 0) is 31.5 Å². The van der Waals surface area contributed by atoms with Crippen molar-refractivity contribution in [1.29, 1.82) is 0 Å². The first-order valence-electron chi connectivity index (χ1n) is 8.29. The van der Waals surface area contributed by atoms with E-state index in [4.69, 9.17) is 9.47 Å². The maximum Gasteiger partial charge on any atom is 0.348 e. The lowest BCUT2D eigenvalue weighted by Gasteiger charge is -2.08. The minimum atomic E-state index is -0.478. The quantitative estimate of drug-likeness (QED) is 0.478. The number of carbonyl (C=O) groups is 2. The van der Waals surface area contributed by atoms with Crippen molar-refractivity contribution in [2.24, 2.45) is 0 Å². The monoisotopic (exact) mass is 386 g/mol. The lowest BCUT2D eigenvalue weighted by atomic mass is 10.1. The summed E-state index contributed by atoms with van der Waals surface area (Å²) in [7, 11) is 1.48. The van der Waals surface area contributed by atoms with E-state index in [1.807, 2.05) is 0 Å². The van der Waals surface area contributed by atoms with E-state index in [1.165, 1.54) is 18.0 Å². The summed E-state index contributed by atoms with van der Waals surface area (Å²) < 4.78 is 11.5. The van der Waals surface area contributed by atoms with Crippen molar-refractivity contribution < 1.29 is 19.1 Å². The number of thiophene rings is 1. The Hall–Kier alpha value is -3.00. The number of aryl methyl sites for hydroxylation is 1. The second-order valence-electron chi connectivity index (χ2n) is 5.76. The molecule has 0 saturated carbocycles. The number of rotatable bonds is 6. The van der Waals surface area contributed by atoms with Crippen LogP contribution in [0.1, 0.15) is 32.5 Å². The first-order chi connectivity index (χ1) is 13.0. The summed E-state index contributed by atoms with van der Waals surface area (Å²) in [6, 6.07) is 6.83. The minimum Gasteiger partial charge on any atom is -0.496 e. The van der Waals surface area contributed by atoms with Crippen LogP contribution in [-0.2, 0) is 11.3 Å². The summed E-state index contributed by atoms with van der Waals surface area (Å²) >= 11 is 1.11. The van der Waals surface area contributed by atoms with Crippen molar-refractivity contribution >= 4 is 33.3 Å². The number of fused-ring (bicyclic) bond motifs is 1. The Morgan fingerprint density at radius 1 is 1.26 bits per heavy atom. The molecule has 0 fully saturated rings.